The first-order valence-corrected chi connectivity index (χ1v) is 9.20. The highest BCUT2D eigenvalue weighted by Crippen LogP contribution is 2.35. The number of aryl methyl sites for hydroxylation is 1. The molecule has 1 aromatic heterocycles. The number of carbonyl (C=O) groups is 1. The molecule has 3 atom stereocenters. The molecule has 0 saturated carbocycles. The number of hydrogen-bond acceptors (Lipinski definition) is 5. The van der Waals surface area contributed by atoms with Gasteiger partial charge in [0.25, 0.3) is 0 Å². The van der Waals surface area contributed by atoms with Crippen molar-refractivity contribution in [3.8, 4) is 0 Å². The highest BCUT2D eigenvalue weighted by molar-refractivity contribution is 7.10. The summed E-state index contributed by atoms with van der Waals surface area (Å²) in [4.78, 5) is 16.4. The van der Waals surface area contributed by atoms with Crippen molar-refractivity contribution in [3.05, 3.63) is 21.9 Å². The molecule has 0 aromatic carbocycles. The Morgan fingerprint density at radius 3 is 3.13 bits per heavy atom. The quantitative estimate of drug-likeness (QED) is 0.802. The molecule has 1 amide bonds. The van der Waals surface area contributed by atoms with Gasteiger partial charge >= 0.3 is 0 Å². The molecule has 2 saturated heterocycles. The van der Waals surface area contributed by atoms with Gasteiger partial charge in [-0.3, -0.25) is 9.69 Å². The summed E-state index contributed by atoms with van der Waals surface area (Å²) in [5.74, 6) is 0.529. The van der Waals surface area contributed by atoms with Gasteiger partial charge < -0.3 is 14.8 Å². The molecule has 0 spiro atoms. The second kappa shape index (κ2) is 7.75. The minimum Gasteiger partial charge on any atom is -0.383 e. The van der Waals surface area contributed by atoms with Crippen molar-refractivity contribution in [2.75, 3.05) is 40.0 Å². The fourth-order valence-electron chi connectivity index (χ4n) is 3.64. The zero-order valence-corrected chi connectivity index (χ0v) is 14.7. The highest BCUT2D eigenvalue weighted by Gasteiger charge is 2.43. The van der Waals surface area contributed by atoms with Crippen LogP contribution in [0.25, 0.3) is 0 Å². The monoisotopic (exact) mass is 338 g/mol. The van der Waals surface area contributed by atoms with Gasteiger partial charge in [-0.05, 0) is 30.4 Å². The molecule has 3 rings (SSSR count). The molecule has 5 nitrogen and oxygen atoms in total. The van der Waals surface area contributed by atoms with Crippen molar-refractivity contribution in [2.24, 2.45) is 11.8 Å². The lowest BCUT2D eigenvalue weighted by Gasteiger charge is -2.39. The third kappa shape index (κ3) is 3.94. The molecular weight excluding hydrogens is 312 g/mol. The van der Waals surface area contributed by atoms with Crippen LogP contribution in [0.5, 0.6) is 0 Å². The molecule has 0 radical (unpaired) electrons. The fourth-order valence-corrected chi connectivity index (χ4v) is 4.59. The van der Waals surface area contributed by atoms with Crippen molar-refractivity contribution in [1.82, 2.24) is 10.2 Å². The van der Waals surface area contributed by atoms with Gasteiger partial charge in [-0.2, -0.15) is 0 Å². The lowest BCUT2D eigenvalue weighted by Crippen LogP contribution is -2.52. The van der Waals surface area contributed by atoms with E-state index in [4.69, 9.17) is 9.47 Å². The van der Waals surface area contributed by atoms with Crippen molar-refractivity contribution in [3.63, 3.8) is 0 Å². The largest absolute Gasteiger partial charge is 0.383 e. The van der Waals surface area contributed by atoms with Crippen LogP contribution in [0, 0.1) is 18.8 Å². The van der Waals surface area contributed by atoms with Crippen molar-refractivity contribution in [2.45, 2.75) is 26.0 Å². The summed E-state index contributed by atoms with van der Waals surface area (Å²) in [6.07, 6.45) is 1.20. The average molecular weight is 338 g/mol. The molecule has 2 aliphatic heterocycles. The second-order valence-corrected chi connectivity index (χ2v) is 7.47. The fraction of sp³-hybridized carbons (Fsp3) is 0.706. The van der Waals surface area contributed by atoms with Gasteiger partial charge in [0.15, 0.2) is 0 Å². The molecule has 0 unspecified atom stereocenters. The van der Waals surface area contributed by atoms with E-state index in [0.717, 1.165) is 32.7 Å². The third-order valence-electron chi connectivity index (χ3n) is 4.95. The number of carbonyl (C=O) groups excluding carboxylic acids is 1. The van der Waals surface area contributed by atoms with E-state index in [1.165, 1.54) is 10.4 Å². The van der Waals surface area contributed by atoms with Gasteiger partial charge in [0.05, 0.1) is 18.6 Å². The number of fused-ring (bicyclic) bond motifs is 1. The first kappa shape index (κ1) is 16.9. The zero-order valence-electron chi connectivity index (χ0n) is 13.9. The second-order valence-electron chi connectivity index (χ2n) is 6.47. The Labute approximate surface area is 142 Å². The van der Waals surface area contributed by atoms with Crippen LogP contribution in [0.3, 0.4) is 0 Å². The lowest BCUT2D eigenvalue weighted by molar-refractivity contribution is -0.131. The number of likely N-dealkylation sites (tertiary alicyclic amines) is 1. The number of nitrogens with one attached hydrogen (secondary N) is 1. The summed E-state index contributed by atoms with van der Waals surface area (Å²) in [5, 5.41) is 5.15. The van der Waals surface area contributed by atoms with Crippen molar-refractivity contribution in [1.29, 1.82) is 0 Å². The summed E-state index contributed by atoms with van der Waals surface area (Å²) in [5.41, 5.74) is 1.34. The molecule has 23 heavy (non-hydrogen) atoms. The molecule has 2 fully saturated rings. The lowest BCUT2D eigenvalue weighted by atomic mass is 9.82. The summed E-state index contributed by atoms with van der Waals surface area (Å²) in [7, 11) is 1.65. The number of ether oxygens (including phenoxy) is 2. The first-order valence-electron chi connectivity index (χ1n) is 8.32. The summed E-state index contributed by atoms with van der Waals surface area (Å²) in [6.45, 7) is 6.74. The van der Waals surface area contributed by atoms with Gasteiger partial charge in [-0.1, -0.05) is 0 Å². The van der Waals surface area contributed by atoms with Gasteiger partial charge in [-0.15, -0.1) is 11.3 Å². The van der Waals surface area contributed by atoms with E-state index in [1.54, 1.807) is 18.4 Å². The molecule has 1 aromatic rings. The normalized spacial score (nSPS) is 27.8. The van der Waals surface area contributed by atoms with Gasteiger partial charge in [0.1, 0.15) is 0 Å². The standard InChI is InChI=1S/C17H26N2O3S/c1-12-4-8-23-16(12)11-19-9-14(17(20)18-5-7-21-2)13-3-6-22-15(13)10-19/h4,8,13-15H,3,5-7,9-11H2,1-2H3,(H,18,20)/t13-,14+,15+/m1/s1. The van der Waals surface area contributed by atoms with Crippen LogP contribution >= 0.6 is 11.3 Å². The van der Waals surface area contributed by atoms with E-state index in [-0.39, 0.29) is 17.9 Å². The Kier molecular flexibility index (Phi) is 5.69. The third-order valence-corrected chi connectivity index (χ3v) is 5.96. The molecule has 128 valence electrons. The predicted molar refractivity (Wildman–Crippen MR) is 90.6 cm³/mol. The summed E-state index contributed by atoms with van der Waals surface area (Å²) >= 11 is 1.80. The van der Waals surface area contributed by atoms with E-state index in [1.807, 2.05) is 0 Å². The maximum absolute atomic E-state index is 12.6. The van der Waals surface area contributed by atoms with Crippen molar-refractivity contribution < 1.29 is 14.3 Å². The number of hydrogen-bond donors (Lipinski definition) is 1. The molecular formula is C17H26N2O3S. The average Bonchev–Trinajstić information content (AvgIpc) is 3.16. The van der Waals surface area contributed by atoms with Crippen LogP contribution < -0.4 is 5.32 Å². The smallest absolute Gasteiger partial charge is 0.224 e. The number of rotatable bonds is 6. The van der Waals surface area contributed by atoms with Crippen LogP contribution in [0.15, 0.2) is 11.4 Å². The Morgan fingerprint density at radius 2 is 2.39 bits per heavy atom. The SMILES string of the molecule is COCCNC(=O)[C@H]1CN(Cc2sccc2C)C[C@@H]2OCC[C@@H]21. The molecule has 0 aliphatic carbocycles. The van der Waals surface area contributed by atoms with E-state index in [2.05, 4.69) is 28.6 Å². The van der Waals surface area contributed by atoms with E-state index in [0.29, 0.717) is 19.1 Å². The molecule has 3 heterocycles. The number of thiophene rings is 1. The van der Waals surface area contributed by atoms with Gasteiger partial charge in [0, 0.05) is 50.7 Å². The highest BCUT2D eigenvalue weighted by atomic mass is 32.1. The maximum atomic E-state index is 12.6. The minimum atomic E-state index is 0.0216. The minimum absolute atomic E-state index is 0.0216. The first-order chi connectivity index (χ1) is 11.2. The van der Waals surface area contributed by atoms with E-state index in [9.17, 15) is 4.79 Å². The Morgan fingerprint density at radius 1 is 1.52 bits per heavy atom. The maximum Gasteiger partial charge on any atom is 0.224 e. The molecule has 1 N–H and O–H groups in total. The van der Waals surface area contributed by atoms with Crippen LogP contribution in [0.2, 0.25) is 0 Å². The summed E-state index contributed by atoms with van der Waals surface area (Å²) in [6, 6.07) is 2.16. The number of methoxy groups -OCH3 is 1. The molecule has 2 aliphatic rings. The zero-order chi connectivity index (χ0) is 16.2. The van der Waals surface area contributed by atoms with Crippen LogP contribution in [-0.4, -0.2) is 56.9 Å². The van der Waals surface area contributed by atoms with E-state index >= 15 is 0 Å². The Hall–Kier alpha value is -0.950. The Bertz CT molecular complexity index is 534. The summed E-state index contributed by atoms with van der Waals surface area (Å²) < 4.78 is 10.9. The van der Waals surface area contributed by atoms with Crippen LogP contribution in [0.4, 0.5) is 0 Å². The van der Waals surface area contributed by atoms with Gasteiger partial charge in [-0.25, -0.2) is 0 Å². The predicted octanol–water partition coefficient (Wildman–Crippen LogP) is 1.66. The van der Waals surface area contributed by atoms with Gasteiger partial charge in [0.2, 0.25) is 5.91 Å². The molecule has 6 heteroatoms. The number of amides is 1. The number of nitrogens with zero attached hydrogens (tertiary/aromatic N) is 1. The number of piperidine rings is 1. The van der Waals surface area contributed by atoms with Crippen LogP contribution in [-0.2, 0) is 20.8 Å². The topological polar surface area (TPSA) is 50.8 Å². The van der Waals surface area contributed by atoms with E-state index < -0.39 is 0 Å². The Balaban J connectivity index is 1.65. The van der Waals surface area contributed by atoms with Crippen LogP contribution in [0.1, 0.15) is 16.9 Å². The van der Waals surface area contributed by atoms with Crippen molar-refractivity contribution >= 4 is 17.2 Å². The molecule has 0 bridgehead atoms.